The third kappa shape index (κ3) is 2.66. The predicted molar refractivity (Wildman–Crippen MR) is 75.4 cm³/mol. The highest BCUT2D eigenvalue weighted by molar-refractivity contribution is 6.01. The van der Waals surface area contributed by atoms with Crippen LogP contribution in [0.25, 0.3) is 11.1 Å². The van der Waals surface area contributed by atoms with Crippen LogP contribution in [0.3, 0.4) is 0 Å². The van der Waals surface area contributed by atoms with Crippen molar-refractivity contribution in [3.8, 4) is 11.1 Å². The number of carbonyl (C=O) groups excluding carboxylic acids is 1. The molecule has 0 atom stereocenters. The minimum Gasteiger partial charge on any atom is -0.322 e. The third-order valence-electron chi connectivity index (χ3n) is 2.70. The summed E-state index contributed by atoms with van der Waals surface area (Å²) < 4.78 is 0. The number of anilines is 1. The first-order valence-electron chi connectivity index (χ1n) is 5.80. The van der Waals surface area contributed by atoms with Crippen LogP contribution in [0.4, 0.5) is 5.69 Å². The van der Waals surface area contributed by atoms with E-state index in [9.17, 15) is 4.79 Å². The molecule has 0 fully saturated rings. The summed E-state index contributed by atoms with van der Waals surface area (Å²) in [6.45, 7) is 5.50. The maximum atomic E-state index is 11.4. The summed E-state index contributed by atoms with van der Waals surface area (Å²) in [6.07, 6.45) is 1.27. The van der Waals surface area contributed by atoms with Crippen LogP contribution in [0.2, 0.25) is 0 Å². The highest BCUT2D eigenvalue weighted by atomic mass is 16.1. The fourth-order valence-electron chi connectivity index (χ4n) is 1.81. The van der Waals surface area contributed by atoms with E-state index in [1.165, 1.54) is 6.08 Å². The molecular weight excluding hydrogens is 222 g/mol. The van der Waals surface area contributed by atoms with Crippen LogP contribution in [-0.2, 0) is 4.79 Å². The van der Waals surface area contributed by atoms with Gasteiger partial charge in [0.1, 0.15) is 0 Å². The fourth-order valence-corrected chi connectivity index (χ4v) is 1.81. The highest BCUT2D eigenvalue weighted by Crippen LogP contribution is 2.28. The quantitative estimate of drug-likeness (QED) is 0.808. The SMILES string of the molecule is C=CC(=O)Nc1ccc(C)cc1-c1ccccc1. The molecule has 0 unspecified atom stereocenters. The summed E-state index contributed by atoms with van der Waals surface area (Å²) in [5, 5.41) is 2.83. The minimum atomic E-state index is -0.198. The molecule has 90 valence electrons. The lowest BCUT2D eigenvalue weighted by Crippen LogP contribution is -2.08. The van der Waals surface area contributed by atoms with E-state index in [0.717, 1.165) is 22.4 Å². The molecule has 0 heterocycles. The van der Waals surface area contributed by atoms with Crippen LogP contribution >= 0.6 is 0 Å². The summed E-state index contributed by atoms with van der Waals surface area (Å²) >= 11 is 0. The lowest BCUT2D eigenvalue weighted by Gasteiger charge is -2.11. The molecule has 1 amide bonds. The molecule has 0 aromatic heterocycles. The third-order valence-corrected chi connectivity index (χ3v) is 2.70. The number of nitrogens with one attached hydrogen (secondary N) is 1. The van der Waals surface area contributed by atoms with Crippen LogP contribution in [0.1, 0.15) is 5.56 Å². The van der Waals surface area contributed by atoms with E-state index in [1.807, 2.05) is 49.4 Å². The molecule has 2 aromatic rings. The summed E-state index contributed by atoms with van der Waals surface area (Å²) in [5.74, 6) is -0.198. The molecular formula is C16H15NO. The first-order valence-corrected chi connectivity index (χ1v) is 5.80. The van der Waals surface area contributed by atoms with Crippen molar-refractivity contribution in [3.63, 3.8) is 0 Å². The van der Waals surface area contributed by atoms with Crippen LogP contribution in [0.5, 0.6) is 0 Å². The molecule has 0 saturated heterocycles. The average Bonchev–Trinajstić information content (AvgIpc) is 2.41. The van der Waals surface area contributed by atoms with Gasteiger partial charge in [-0.3, -0.25) is 4.79 Å². The summed E-state index contributed by atoms with van der Waals surface area (Å²) in [5.41, 5.74) is 4.06. The van der Waals surface area contributed by atoms with Gasteiger partial charge in [-0.2, -0.15) is 0 Å². The zero-order valence-electron chi connectivity index (χ0n) is 10.3. The maximum absolute atomic E-state index is 11.4. The molecule has 18 heavy (non-hydrogen) atoms. The Morgan fingerprint density at radius 3 is 2.56 bits per heavy atom. The molecule has 0 radical (unpaired) electrons. The molecule has 2 rings (SSSR count). The molecule has 0 bridgehead atoms. The number of aryl methyl sites for hydroxylation is 1. The number of benzene rings is 2. The van der Waals surface area contributed by atoms with E-state index in [1.54, 1.807) is 0 Å². The Bertz CT molecular complexity index is 573. The largest absolute Gasteiger partial charge is 0.322 e. The van der Waals surface area contributed by atoms with Crippen LogP contribution in [0, 0.1) is 6.92 Å². The molecule has 0 spiro atoms. The Morgan fingerprint density at radius 2 is 1.89 bits per heavy atom. The van der Waals surface area contributed by atoms with Gasteiger partial charge in [0.25, 0.3) is 0 Å². The Morgan fingerprint density at radius 1 is 1.17 bits per heavy atom. The first kappa shape index (κ1) is 12.1. The maximum Gasteiger partial charge on any atom is 0.247 e. The average molecular weight is 237 g/mol. The monoisotopic (exact) mass is 237 g/mol. The lowest BCUT2D eigenvalue weighted by molar-refractivity contribution is -0.111. The van der Waals surface area contributed by atoms with Crippen molar-refractivity contribution >= 4 is 11.6 Å². The second-order valence-corrected chi connectivity index (χ2v) is 4.11. The normalized spacial score (nSPS) is 9.83. The summed E-state index contributed by atoms with van der Waals surface area (Å²) in [7, 11) is 0. The molecule has 2 heteroatoms. The zero-order valence-corrected chi connectivity index (χ0v) is 10.3. The standard InChI is InChI=1S/C16H15NO/c1-3-16(18)17-15-10-9-12(2)11-14(15)13-7-5-4-6-8-13/h3-11H,1H2,2H3,(H,17,18). The van der Waals surface area contributed by atoms with Gasteiger partial charge in [-0.1, -0.05) is 48.5 Å². The van der Waals surface area contributed by atoms with Crippen LogP contribution < -0.4 is 5.32 Å². The van der Waals surface area contributed by atoms with E-state index in [-0.39, 0.29) is 5.91 Å². The van der Waals surface area contributed by atoms with Crippen molar-refractivity contribution in [2.45, 2.75) is 6.92 Å². The van der Waals surface area contributed by atoms with Gasteiger partial charge in [-0.25, -0.2) is 0 Å². The Balaban J connectivity index is 2.47. The van der Waals surface area contributed by atoms with E-state index in [2.05, 4.69) is 18.0 Å². The summed E-state index contributed by atoms with van der Waals surface area (Å²) in [4.78, 5) is 11.4. The number of hydrogen-bond acceptors (Lipinski definition) is 1. The van der Waals surface area contributed by atoms with E-state index in [4.69, 9.17) is 0 Å². The Kier molecular flexibility index (Phi) is 3.58. The smallest absolute Gasteiger partial charge is 0.247 e. The van der Waals surface area contributed by atoms with Crippen molar-refractivity contribution in [1.29, 1.82) is 0 Å². The van der Waals surface area contributed by atoms with E-state index >= 15 is 0 Å². The fraction of sp³-hybridized carbons (Fsp3) is 0.0625. The highest BCUT2D eigenvalue weighted by Gasteiger charge is 2.06. The number of hydrogen-bond donors (Lipinski definition) is 1. The molecule has 1 N–H and O–H groups in total. The molecule has 0 saturated carbocycles. The van der Waals surface area contributed by atoms with Gasteiger partial charge >= 0.3 is 0 Å². The van der Waals surface area contributed by atoms with Crippen molar-refractivity contribution in [1.82, 2.24) is 0 Å². The van der Waals surface area contributed by atoms with Gasteiger partial charge in [-0.15, -0.1) is 0 Å². The Labute approximate surface area is 107 Å². The van der Waals surface area contributed by atoms with E-state index in [0.29, 0.717) is 0 Å². The lowest BCUT2D eigenvalue weighted by atomic mass is 10.0. The second-order valence-electron chi connectivity index (χ2n) is 4.11. The van der Waals surface area contributed by atoms with Crippen molar-refractivity contribution in [3.05, 3.63) is 66.7 Å². The van der Waals surface area contributed by atoms with Crippen molar-refractivity contribution < 1.29 is 4.79 Å². The van der Waals surface area contributed by atoms with Gasteiger partial charge in [0.15, 0.2) is 0 Å². The molecule has 2 nitrogen and oxygen atoms in total. The Hall–Kier alpha value is -2.35. The topological polar surface area (TPSA) is 29.1 Å². The van der Waals surface area contributed by atoms with Crippen LogP contribution in [0.15, 0.2) is 61.2 Å². The van der Waals surface area contributed by atoms with Crippen molar-refractivity contribution in [2.24, 2.45) is 0 Å². The summed E-state index contributed by atoms with van der Waals surface area (Å²) in [6, 6.07) is 15.9. The second kappa shape index (κ2) is 5.32. The first-order chi connectivity index (χ1) is 8.70. The number of carbonyl (C=O) groups is 1. The van der Waals surface area contributed by atoms with Gasteiger partial charge in [0.2, 0.25) is 5.91 Å². The zero-order chi connectivity index (χ0) is 13.0. The minimum absolute atomic E-state index is 0.198. The van der Waals surface area contributed by atoms with Gasteiger partial charge in [0, 0.05) is 11.3 Å². The molecule has 0 aliphatic rings. The molecule has 0 aliphatic heterocycles. The molecule has 0 aliphatic carbocycles. The molecule has 2 aromatic carbocycles. The predicted octanol–water partition coefficient (Wildman–Crippen LogP) is 3.79. The van der Waals surface area contributed by atoms with Gasteiger partial charge < -0.3 is 5.32 Å². The number of amides is 1. The van der Waals surface area contributed by atoms with Gasteiger partial charge in [-0.05, 0) is 30.7 Å². The van der Waals surface area contributed by atoms with Crippen molar-refractivity contribution in [2.75, 3.05) is 5.32 Å². The van der Waals surface area contributed by atoms with Gasteiger partial charge in [0.05, 0.1) is 0 Å². The van der Waals surface area contributed by atoms with Crippen LogP contribution in [-0.4, -0.2) is 5.91 Å². The van der Waals surface area contributed by atoms with E-state index < -0.39 is 0 Å². The number of rotatable bonds is 3.